The maximum atomic E-state index is 6.25. The predicted octanol–water partition coefficient (Wildman–Crippen LogP) is 0.768. The third-order valence-electron chi connectivity index (χ3n) is 0. The minimum atomic E-state index is 0. The molecule has 0 aromatic rings. The van der Waals surface area contributed by atoms with Crippen molar-refractivity contribution in [3.05, 3.63) is 52.6 Å². The summed E-state index contributed by atoms with van der Waals surface area (Å²) in [6.07, 6.45) is 0. The maximum Gasteiger partial charge on any atom is 0 e. The summed E-state index contributed by atoms with van der Waals surface area (Å²) in [5.41, 5.74) is 0. The van der Waals surface area contributed by atoms with Crippen molar-refractivity contribution in [2.75, 3.05) is 0 Å². The van der Waals surface area contributed by atoms with E-state index >= 15 is 0 Å². The summed E-state index contributed by atoms with van der Waals surface area (Å²) in [6.45, 7) is 38.0. The minimum Gasteiger partial charge on any atom is -0.512 e. The number of rotatable bonds is 0. The predicted molar refractivity (Wildman–Crippen MR) is 39.7 cm³/mol. The van der Waals surface area contributed by atoms with Gasteiger partial charge < -0.3 is 94.7 Å². The van der Waals surface area contributed by atoms with Gasteiger partial charge in [0, 0.05) is 17.1 Å². The molecule has 0 radical (unpaired) electrons. The van der Waals surface area contributed by atoms with Gasteiger partial charge in [0.25, 0.3) is 0 Å². The summed E-state index contributed by atoms with van der Waals surface area (Å²) in [7, 11) is 0. The van der Waals surface area contributed by atoms with Crippen LogP contribution in [0.5, 0.6) is 0 Å². The van der Waals surface area contributed by atoms with Crippen molar-refractivity contribution >= 4 is 0 Å². The maximum absolute atomic E-state index is 6.25. The molecule has 0 aliphatic rings. The minimum absolute atomic E-state index is 0. The Morgan fingerprint density at radius 3 is 0.235 bits per heavy atom. The molecule has 0 saturated heterocycles. The van der Waals surface area contributed by atoms with Crippen LogP contribution in [0.15, 0.2) is 0 Å². The van der Waals surface area contributed by atoms with Crippen molar-refractivity contribution < 1.29 is 17.1 Å². The van der Waals surface area contributed by atoms with E-state index in [2.05, 4.69) is 0 Å². The van der Waals surface area contributed by atoms with Gasteiger partial charge >= 0.3 is 0 Å². The van der Waals surface area contributed by atoms with Crippen LogP contribution in [0.4, 0.5) is 0 Å². The Bertz CT molecular complexity index is 132. The molecule has 0 N–H and O–H groups in total. The Balaban J connectivity index is -0.00000000610. The Kier molecular flexibility index (Phi) is 797. The molecule has 0 aromatic heterocycles. The van der Waals surface area contributed by atoms with Gasteiger partial charge in [0.2, 0.25) is 0 Å². The molecule has 0 fully saturated rings. The van der Waals surface area contributed by atoms with E-state index in [4.69, 9.17) is 94.7 Å². The van der Waals surface area contributed by atoms with E-state index in [1.54, 1.807) is 0 Å². The SMILES string of the molecule is [C-]#N.[C-]#N.[C-]#N.[C-]#N.[C-]#N.[C-]#N.[C-]#N.[C-]#N.[Fe]. The van der Waals surface area contributed by atoms with Crippen molar-refractivity contribution in [1.29, 1.82) is 42.1 Å². The second-order valence-corrected chi connectivity index (χ2v) is 0. The van der Waals surface area contributed by atoms with E-state index in [0.29, 0.717) is 0 Å². The molecule has 0 atom stereocenters. The number of hydrogen-bond donors (Lipinski definition) is 0. The number of nitrogens with zero attached hydrogens (tertiary/aromatic N) is 8. The van der Waals surface area contributed by atoms with Crippen LogP contribution < -0.4 is 0 Å². The van der Waals surface area contributed by atoms with Crippen LogP contribution in [0.3, 0.4) is 0 Å². The Morgan fingerprint density at radius 2 is 0.235 bits per heavy atom. The van der Waals surface area contributed by atoms with Gasteiger partial charge in [-0.1, -0.05) is 0 Å². The molecular formula is C8FeN8-8. The molecule has 0 aliphatic heterocycles. The first-order valence-electron chi connectivity index (χ1n) is 1.79. The molecule has 0 unspecified atom stereocenters. The molecule has 17 heavy (non-hydrogen) atoms. The molecule has 0 rings (SSSR count). The van der Waals surface area contributed by atoms with E-state index in [-0.39, 0.29) is 17.1 Å². The Morgan fingerprint density at radius 1 is 0.235 bits per heavy atom. The first-order chi connectivity index (χ1) is 8.00. The molecule has 0 amide bonds. The molecule has 88 valence electrons. The van der Waals surface area contributed by atoms with E-state index in [1.807, 2.05) is 0 Å². The van der Waals surface area contributed by atoms with Crippen LogP contribution in [0.25, 0.3) is 0 Å². The van der Waals surface area contributed by atoms with Gasteiger partial charge in [0.05, 0.1) is 0 Å². The summed E-state index contributed by atoms with van der Waals surface area (Å²) >= 11 is 0. The van der Waals surface area contributed by atoms with Crippen LogP contribution in [-0.4, -0.2) is 0 Å². The van der Waals surface area contributed by atoms with Gasteiger partial charge in [-0.25, -0.2) is 0 Å². The average molecular weight is 264 g/mol. The van der Waals surface area contributed by atoms with Crippen molar-refractivity contribution in [2.45, 2.75) is 0 Å². The summed E-state index contributed by atoms with van der Waals surface area (Å²) in [6, 6.07) is 0. The standard InChI is InChI=1S/8CN.Fe/c8*1-2;/q8*-1;. The summed E-state index contributed by atoms with van der Waals surface area (Å²) in [4.78, 5) is 0. The van der Waals surface area contributed by atoms with Gasteiger partial charge in [-0.3, -0.25) is 0 Å². The molecule has 0 aliphatic carbocycles. The Hall–Kier alpha value is -3.56. The van der Waals surface area contributed by atoms with Gasteiger partial charge in [-0.05, 0) is 0 Å². The van der Waals surface area contributed by atoms with Crippen molar-refractivity contribution in [3.63, 3.8) is 0 Å². The summed E-state index contributed by atoms with van der Waals surface area (Å²) in [5.74, 6) is 0. The quantitative estimate of drug-likeness (QED) is 0.451. The summed E-state index contributed by atoms with van der Waals surface area (Å²) < 4.78 is 0. The molecule has 0 saturated carbocycles. The molecule has 8 nitrogen and oxygen atoms in total. The topological polar surface area (TPSA) is 190 Å². The smallest absolute Gasteiger partial charge is 0 e. The fourth-order valence-corrected chi connectivity index (χ4v) is 0. The third kappa shape index (κ3) is 107. The zero-order chi connectivity index (χ0) is 16.0. The number of hydrogen-bond acceptors (Lipinski definition) is 8. The average Bonchev–Trinajstić information content (AvgIpc) is 2.54. The fourth-order valence-electron chi connectivity index (χ4n) is 0. The Labute approximate surface area is 112 Å². The van der Waals surface area contributed by atoms with Crippen LogP contribution in [0, 0.1) is 94.7 Å². The molecule has 0 heterocycles. The molecule has 9 heteroatoms. The van der Waals surface area contributed by atoms with Crippen molar-refractivity contribution in [1.82, 2.24) is 0 Å². The molecule has 0 bridgehead atoms. The first-order valence-corrected chi connectivity index (χ1v) is 1.79. The van der Waals surface area contributed by atoms with Crippen LogP contribution in [0.2, 0.25) is 0 Å². The van der Waals surface area contributed by atoms with Crippen LogP contribution >= 0.6 is 0 Å². The van der Waals surface area contributed by atoms with Gasteiger partial charge in [0.1, 0.15) is 0 Å². The molecule has 0 spiro atoms. The van der Waals surface area contributed by atoms with E-state index in [1.165, 1.54) is 0 Å². The zero-order valence-electron chi connectivity index (χ0n) is 7.93. The van der Waals surface area contributed by atoms with Crippen LogP contribution in [-0.2, 0) is 17.1 Å². The third-order valence-corrected chi connectivity index (χ3v) is 0. The molecule has 0 aromatic carbocycles. The normalized spacial score (nSPS) is 0.941. The zero-order valence-corrected chi connectivity index (χ0v) is 9.04. The monoisotopic (exact) mass is 264 g/mol. The molecular weight excluding hydrogens is 264 g/mol. The second kappa shape index (κ2) is 128. The van der Waals surface area contributed by atoms with Crippen molar-refractivity contribution in [3.8, 4) is 0 Å². The fraction of sp³-hybridized carbons (Fsp3) is 0. The van der Waals surface area contributed by atoms with Gasteiger partial charge in [0.15, 0.2) is 0 Å². The first kappa shape index (κ1) is 106. The van der Waals surface area contributed by atoms with E-state index in [9.17, 15) is 0 Å². The largest absolute Gasteiger partial charge is 0.512 e. The van der Waals surface area contributed by atoms with Gasteiger partial charge in [-0.2, -0.15) is 0 Å². The van der Waals surface area contributed by atoms with E-state index in [0.717, 1.165) is 0 Å². The van der Waals surface area contributed by atoms with Gasteiger partial charge in [-0.15, -0.1) is 0 Å². The van der Waals surface area contributed by atoms with E-state index < -0.39 is 0 Å². The van der Waals surface area contributed by atoms with Crippen molar-refractivity contribution in [2.24, 2.45) is 0 Å². The van der Waals surface area contributed by atoms with Crippen LogP contribution in [0.1, 0.15) is 0 Å². The second-order valence-electron chi connectivity index (χ2n) is 0. The summed E-state index contributed by atoms with van der Waals surface area (Å²) in [5, 5.41) is 50.0.